The van der Waals surface area contributed by atoms with Gasteiger partial charge in [-0.1, -0.05) is 121 Å². The van der Waals surface area contributed by atoms with Crippen LogP contribution in [0.4, 0.5) is 17.1 Å². The van der Waals surface area contributed by atoms with Crippen molar-refractivity contribution >= 4 is 34.1 Å². The van der Waals surface area contributed by atoms with Crippen LogP contribution in [0.25, 0.3) is 28.2 Å². The summed E-state index contributed by atoms with van der Waals surface area (Å²) < 4.78 is 6.71. The van der Waals surface area contributed by atoms with Crippen LogP contribution in [-0.2, 0) is 5.41 Å². The normalized spacial score (nSPS) is 13.0. The first-order valence-corrected chi connectivity index (χ1v) is 15.6. The van der Waals surface area contributed by atoms with Crippen LogP contribution in [0, 0.1) is 19.3 Å². The van der Waals surface area contributed by atoms with Crippen molar-refractivity contribution in [1.82, 2.24) is 0 Å². The van der Waals surface area contributed by atoms with Crippen LogP contribution in [0.3, 0.4) is 0 Å². The Morgan fingerprint density at radius 3 is 1.72 bits per heavy atom. The highest BCUT2D eigenvalue weighted by Crippen LogP contribution is 2.57. The second-order valence-corrected chi connectivity index (χ2v) is 11.7. The molecule has 0 unspecified atom stereocenters. The van der Waals surface area contributed by atoms with Crippen LogP contribution >= 0.6 is 0 Å². The lowest BCUT2D eigenvalue weighted by Gasteiger charge is -2.35. The summed E-state index contributed by atoms with van der Waals surface area (Å²) in [5.41, 5.74) is 11.8. The van der Waals surface area contributed by atoms with Gasteiger partial charge in [-0.3, -0.25) is 0 Å². The molecule has 2 nitrogen and oxygen atoms in total. The van der Waals surface area contributed by atoms with E-state index in [2.05, 4.69) is 169 Å². The molecule has 7 aromatic rings. The number of rotatable bonds is 6. The van der Waals surface area contributed by atoms with Gasteiger partial charge in [-0.2, -0.15) is 0 Å². The summed E-state index contributed by atoms with van der Waals surface area (Å²) in [6.07, 6.45) is 9.23. The van der Waals surface area contributed by atoms with E-state index in [0.717, 1.165) is 44.9 Å². The van der Waals surface area contributed by atoms with Gasteiger partial charge in [0.15, 0.2) is 0 Å². The minimum absolute atomic E-state index is 0.577. The third-order valence-electron chi connectivity index (χ3n) is 9.24. The number of allylic oxidation sites excluding steroid dienone is 1. The number of aryl methyl sites for hydroxylation is 1. The van der Waals surface area contributed by atoms with E-state index >= 15 is 0 Å². The van der Waals surface area contributed by atoms with Crippen molar-refractivity contribution in [3.05, 3.63) is 191 Å². The number of hydrogen-bond acceptors (Lipinski definition) is 2. The number of benzene rings is 6. The summed E-state index contributed by atoms with van der Waals surface area (Å²) in [5, 5.41) is 1.05. The highest BCUT2D eigenvalue weighted by Gasteiger charge is 2.46. The standard InChI is InChI=1S/C44H31NO/c1-3-4-28-41-31(2)43-40(45(34-20-10-6-11-21-34)35-22-12-7-13-23-35)29-33(30-42(43)46-41)44(32-18-8-5-9-19-32)38-26-16-14-24-36(38)37-25-15-17-27-39(37)44/h1,4-30H,2H3/b28-4-. The Bertz CT molecular complexity index is 2190. The molecule has 218 valence electrons. The van der Waals surface area contributed by atoms with E-state index in [1.807, 2.05) is 6.08 Å². The lowest BCUT2D eigenvalue weighted by Crippen LogP contribution is -2.29. The molecule has 0 fully saturated rings. The second kappa shape index (κ2) is 11.1. The zero-order valence-electron chi connectivity index (χ0n) is 25.5. The monoisotopic (exact) mass is 589 g/mol. The van der Waals surface area contributed by atoms with Gasteiger partial charge in [0, 0.05) is 22.3 Å². The van der Waals surface area contributed by atoms with Gasteiger partial charge in [-0.05, 0) is 88.9 Å². The molecule has 0 bridgehead atoms. The molecule has 46 heavy (non-hydrogen) atoms. The van der Waals surface area contributed by atoms with Gasteiger partial charge in [0.2, 0.25) is 0 Å². The highest BCUT2D eigenvalue weighted by molar-refractivity contribution is 6.02. The molecule has 0 saturated carbocycles. The first-order chi connectivity index (χ1) is 22.7. The SMILES string of the molecule is C#C/C=C\c1oc2cc(C3(c4ccccc4)c4ccccc4-c4ccccc43)cc(N(c3ccccc3)c3ccccc3)c2c1C. The maximum Gasteiger partial charge on any atom is 0.137 e. The van der Waals surface area contributed by atoms with Crippen LogP contribution in [-0.4, -0.2) is 0 Å². The highest BCUT2D eigenvalue weighted by atomic mass is 16.3. The van der Waals surface area contributed by atoms with E-state index in [0.29, 0.717) is 0 Å². The van der Waals surface area contributed by atoms with Gasteiger partial charge in [0.25, 0.3) is 0 Å². The number of fused-ring (bicyclic) bond motifs is 4. The molecule has 1 aromatic heterocycles. The molecular formula is C44H31NO. The molecule has 1 aliphatic carbocycles. The number of para-hydroxylation sites is 2. The summed E-state index contributed by atoms with van der Waals surface area (Å²) >= 11 is 0. The first-order valence-electron chi connectivity index (χ1n) is 15.6. The molecule has 6 aromatic carbocycles. The van der Waals surface area contributed by atoms with Gasteiger partial charge in [0.05, 0.1) is 11.1 Å². The third kappa shape index (κ3) is 4.14. The van der Waals surface area contributed by atoms with Crippen molar-refractivity contribution < 1.29 is 4.42 Å². The summed E-state index contributed by atoms with van der Waals surface area (Å²) in [7, 11) is 0. The Balaban J connectivity index is 1.54. The van der Waals surface area contributed by atoms with Crippen molar-refractivity contribution in [3.63, 3.8) is 0 Å². The Kier molecular flexibility index (Phi) is 6.67. The van der Waals surface area contributed by atoms with Crippen LogP contribution < -0.4 is 4.90 Å². The zero-order valence-corrected chi connectivity index (χ0v) is 25.5. The van der Waals surface area contributed by atoms with E-state index in [1.165, 1.54) is 27.8 Å². The predicted octanol–water partition coefficient (Wildman–Crippen LogP) is 11.2. The topological polar surface area (TPSA) is 16.4 Å². The van der Waals surface area contributed by atoms with Crippen molar-refractivity contribution in [1.29, 1.82) is 0 Å². The summed E-state index contributed by atoms with van der Waals surface area (Å²) in [4.78, 5) is 2.34. The average Bonchev–Trinajstić information content (AvgIpc) is 3.60. The van der Waals surface area contributed by atoms with Gasteiger partial charge in [0.1, 0.15) is 11.3 Å². The zero-order chi connectivity index (χ0) is 31.1. The summed E-state index contributed by atoms with van der Waals surface area (Å²) in [6, 6.07) is 54.3. The second-order valence-electron chi connectivity index (χ2n) is 11.7. The smallest absolute Gasteiger partial charge is 0.137 e. The third-order valence-corrected chi connectivity index (χ3v) is 9.24. The molecule has 0 radical (unpaired) electrons. The number of anilines is 3. The van der Waals surface area contributed by atoms with Gasteiger partial charge in [-0.15, -0.1) is 6.42 Å². The van der Waals surface area contributed by atoms with Gasteiger partial charge >= 0.3 is 0 Å². The largest absolute Gasteiger partial charge is 0.456 e. The molecule has 2 heteroatoms. The molecule has 1 heterocycles. The molecule has 1 aliphatic rings. The van der Waals surface area contributed by atoms with Crippen molar-refractivity contribution in [2.75, 3.05) is 4.90 Å². The van der Waals surface area contributed by atoms with Gasteiger partial charge in [-0.25, -0.2) is 0 Å². The van der Waals surface area contributed by atoms with E-state index in [1.54, 1.807) is 6.08 Å². The molecule has 0 amide bonds. The minimum Gasteiger partial charge on any atom is -0.456 e. The molecule has 0 saturated heterocycles. The maximum absolute atomic E-state index is 6.71. The quantitative estimate of drug-likeness (QED) is 0.179. The Morgan fingerprint density at radius 1 is 0.630 bits per heavy atom. The lowest BCUT2D eigenvalue weighted by molar-refractivity contribution is 0.600. The van der Waals surface area contributed by atoms with Crippen molar-refractivity contribution in [2.24, 2.45) is 0 Å². The average molecular weight is 590 g/mol. The van der Waals surface area contributed by atoms with E-state index < -0.39 is 5.41 Å². The van der Waals surface area contributed by atoms with Crippen molar-refractivity contribution in [3.8, 4) is 23.5 Å². The minimum atomic E-state index is -0.577. The molecule has 0 N–H and O–H groups in total. The van der Waals surface area contributed by atoms with E-state index in [-0.39, 0.29) is 0 Å². The van der Waals surface area contributed by atoms with E-state index in [9.17, 15) is 0 Å². The molecule has 0 aliphatic heterocycles. The number of furan rings is 1. The number of hydrogen-bond donors (Lipinski definition) is 0. The van der Waals surface area contributed by atoms with E-state index in [4.69, 9.17) is 10.8 Å². The van der Waals surface area contributed by atoms with Crippen LogP contribution in [0.5, 0.6) is 0 Å². The Hall–Kier alpha value is -6.04. The molecule has 0 atom stereocenters. The summed E-state index contributed by atoms with van der Waals surface area (Å²) in [6.45, 7) is 2.12. The van der Waals surface area contributed by atoms with Crippen LogP contribution in [0.2, 0.25) is 0 Å². The molecule has 8 rings (SSSR count). The summed E-state index contributed by atoms with van der Waals surface area (Å²) in [5.74, 6) is 3.39. The van der Waals surface area contributed by atoms with Crippen molar-refractivity contribution in [2.45, 2.75) is 12.3 Å². The maximum atomic E-state index is 6.71. The predicted molar refractivity (Wildman–Crippen MR) is 191 cm³/mol. The fourth-order valence-electron chi connectivity index (χ4n) is 7.35. The van der Waals surface area contributed by atoms with Gasteiger partial charge < -0.3 is 9.32 Å². The number of terminal acetylenes is 1. The van der Waals surface area contributed by atoms with Crippen LogP contribution in [0.15, 0.2) is 162 Å². The Morgan fingerprint density at radius 2 is 1.15 bits per heavy atom. The Labute approximate surface area is 269 Å². The number of nitrogens with zero attached hydrogens (tertiary/aromatic N) is 1. The fourth-order valence-corrected chi connectivity index (χ4v) is 7.35. The van der Waals surface area contributed by atoms with Crippen LogP contribution in [0.1, 0.15) is 33.6 Å². The molecular weight excluding hydrogens is 558 g/mol. The molecule has 0 spiro atoms. The first kappa shape index (κ1) is 27.5. The lowest BCUT2D eigenvalue weighted by atomic mass is 9.67. The fraction of sp³-hybridized carbons (Fsp3) is 0.0455.